The molecule has 6 heteroatoms. The average molecular weight is 361 g/mol. The molecular weight excluding hydrogens is 340 g/mol. The molecule has 26 heavy (non-hydrogen) atoms. The number of nitrogens with zero attached hydrogens (tertiary/aromatic N) is 1. The summed E-state index contributed by atoms with van der Waals surface area (Å²) >= 11 is 0. The van der Waals surface area contributed by atoms with E-state index in [1.54, 1.807) is 31.3 Å². The second-order valence-corrected chi connectivity index (χ2v) is 6.34. The maximum absolute atomic E-state index is 13.8. The molecule has 0 spiro atoms. The number of para-hydroxylation sites is 1. The van der Waals surface area contributed by atoms with E-state index in [-0.39, 0.29) is 24.1 Å². The van der Waals surface area contributed by atoms with Crippen molar-refractivity contribution < 1.29 is 23.0 Å². The molecule has 1 atom stereocenters. The summed E-state index contributed by atoms with van der Waals surface area (Å²) < 4.78 is 38.2. The molecule has 0 aromatic heterocycles. The summed E-state index contributed by atoms with van der Waals surface area (Å²) in [6.07, 6.45) is 2.00. The second-order valence-electron chi connectivity index (χ2n) is 6.34. The summed E-state index contributed by atoms with van der Waals surface area (Å²) in [6.45, 7) is 1.16. The molecule has 1 heterocycles. The van der Waals surface area contributed by atoms with E-state index in [2.05, 4.69) is 0 Å². The fraction of sp³-hybridized carbons (Fsp3) is 0.350. The third-order valence-electron chi connectivity index (χ3n) is 4.34. The number of hydrogen-bond acceptors (Lipinski definition) is 3. The van der Waals surface area contributed by atoms with Gasteiger partial charge in [0.05, 0.1) is 11.7 Å². The Morgan fingerprint density at radius 3 is 2.81 bits per heavy atom. The first-order chi connectivity index (χ1) is 12.5. The highest BCUT2D eigenvalue weighted by molar-refractivity contribution is 5.96. The van der Waals surface area contributed by atoms with Crippen LogP contribution in [0.3, 0.4) is 0 Å². The van der Waals surface area contributed by atoms with Gasteiger partial charge in [-0.1, -0.05) is 18.2 Å². The van der Waals surface area contributed by atoms with Gasteiger partial charge in [0.15, 0.2) is 0 Å². The van der Waals surface area contributed by atoms with Crippen LogP contribution in [0, 0.1) is 11.6 Å². The van der Waals surface area contributed by atoms with Gasteiger partial charge in [-0.05, 0) is 31.0 Å². The van der Waals surface area contributed by atoms with E-state index in [1.165, 1.54) is 17.0 Å². The van der Waals surface area contributed by atoms with Gasteiger partial charge in [-0.15, -0.1) is 0 Å². The summed E-state index contributed by atoms with van der Waals surface area (Å²) in [7, 11) is 1.57. The molecule has 2 aromatic rings. The van der Waals surface area contributed by atoms with Gasteiger partial charge >= 0.3 is 0 Å². The molecule has 1 saturated heterocycles. The van der Waals surface area contributed by atoms with Crippen molar-refractivity contribution >= 4 is 5.91 Å². The monoisotopic (exact) mass is 361 g/mol. The number of carbonyl (C=O) groups is 1. The number of ether oxygens (including phenoxy) is 2. The second kappa shape index (κ2) is 8.27. The molecule has 0 aliphatic carbocycles. The minimum Gasteiger partial charge on any atom is -0.490 e. The molecule has 1 fully saturated rings. The molecule has 1 aliphatic rings. The SMILES string of the molecule is CN(Cc1ccc(F)cc1F)C(=O)c1ccccc1OCC1CCCO1. The highest BCUT2D eigenvalue weighted by atomic mass is 19.1. The topological polar surface area (TPSA) is 38.8 Å². The first-order valence-corrected chi connectivity index (χ1v) is 8.57. The molecule has 1 aliphatic heterocycles. The Morgan fingerprint density at radius 1 is 1.27 bits per heavy atom. The van der Waals surface area contributed by atoms with Crippen molar-refractivity contribution in [1.29, 1.82) is 0 Å². The zero-order valence-corrected chi connectivity index (χ0v) is 14.6. The van der Waals surface area contributed by atoms with Crippen LogP contribution in [0.1, 0.15) is 28.8 Å². The van der Waals surface area contributed by atoms with Gasteiger partial charge in [0, 0.05) is 31.8 Å². The van der Waals surface area contributed by atoms with E-state index in [0.717, 1.165) is 25.5 Å². The Labute approximate surface area is 151 Å². The minimum absolute atomic E-state index is 0.0328. The first-order valence-electron chi connectivity index (χ1n) is 8.57. The third kappa shape index (κ3) is 4.38. The van der Waals surface area contributed by atoms with Crippen LogP contribution in [0.2, 0.25) is 0 Å². The molecule has 1 amide bonds. The zero-order chi connectivity index (χ0) is 18.5. The minimum atomic E-state index is -0.674. The largest absolute Gasteiger partial charge is 0.490 e. The van der Waals surface area contributed by atoms with E-state index in [4.69, 9.17) is 9.47 Å². The summed E-state index contributed by atoms with van der Waals surface area (Å²) in [5, 5.41) is 0. The zero-order valence-electron chi connectivity index (χ0n) is 14.6. The highest BCUT2D eigenvalue weighted by Crippen LogP contribution is 2.22. The number of halogens is 2. The van der Waals surface area contributed by atoms with Gasteiger partial charge < -0.3 is 14.4 Å². The van der Waals surface area contributed by atoms with Gasteiger partial charge in [0.1, 0.15) is 24.0 Å². The van der Waals surface area contributed by atoms with Crippen LogP contribution in [-0.4, -0.2) is 37.2 Å². The standard InChI is InChI=1S/C20H21F2NO3/c1-23(12-14-8-9-15(21)11-18(14)22)20(24)17-6-2-3-7-19(17)26-13-16-5-4-10-25-16/h2-3,6-9,11,16H,4-5,10,12-13H2,1H3. The average Bonchev–Trinajstić information content (AvgIpc) is 3.15. The lowest BCUT2D eigenvalue weighted by atomic mass is 10.1. The van der Waals surface area contributed by atoms with Crippen molar-refractivity contribution in [2.45, 2.75) is 25.5 Å². The van der Waals surface area contributed by atoms with E-state index in [1.807, 2.05) is 0 Å². The van der Waals surface area contributed by atoms with Crippen LogP contribution in [0.5, 0.6) is 5.75 Å². The molecule has 2 aromatic carbocycles. The lowest BCUT2D eigenvalue weighted by molar-refractivity contribution is 0.0656. The fourth-order valence-corrected chi connectivity index (χ4v) is 2.91. The van der Waals surface area contributed by atoms with Crippen molar-refractivity contribution in [2.75, 3.05) is 20.3 Å². The highest BCUT2D eigenvalue weighted by Gasteiger charge is 2.20. The molecule has 0 bridgehead atoms. The predicted octanol–water partition coefficient (Wildman–Crippen LogP) is 3.79. The molecule has 3 rings (SSSR count). The Hall–Kier alpha value is -2.47. The van der Waals surface area contributed by atoms with Crippen molar-refractivity contribution in [2.24, 2.45) is 0 Å². The van der Waals surface area contributed by atoms with Crippen LogP contribution in [0.25, 0.3) is 0 Å². The van der Waals surface area contributed by atoms with Crippen molar-refractivity contribution in [3.63, 3.8) is 0 Å². The maximum atomic E-state index is 13.8. The van der Waals surface area contributed by atoms with Crippen LogP contribution >= 0.6 is 0 Å². The van der Waals surface area contributed by atoms with Gasteiger partial charge in [0.25, 0.3) is 5.91 Å². The smallest absolute Gasteiger partial charge is 0.257 e. The van der Waals surface area contributed by atoms with Crippen LogP contribution in [-0.2, 0) is 11.3 Å². The van der Waals surface area contributed by atoms with Gasteiger partial charge in [-0.2, -0.15) is 0 Å². The van der Waals surface area contributed by atoms with Gasteiger partial charge in [-0.3, -0.25) is 4.79 Å². The number of rotatable bonds is 6. The molecule has 0 radical (unpaired) electrons. The summed E-state index contributed by atoms with van der Waals surface area (Å²) in [6, 6.07) is 10.3. The van der Waals surface area contributed by atoms with E-state index >= 15 is 0 Å². The molecule has 138 valence electrons. The number of amides is 1. The summed E-state index contributed by atoms with van der Waals surface area (Å²) in [4.78, 5) is 14.1. The Balaban J connectivity index is 1.69. The molecule has 0 N–H and O–H groups in total. The quantitative estimate of drug-likeness (QED) is 0.786. The van der Waals surface area contributed by atoms with Gasteiger partial charge in [0.2, 0.25) is 0 Å². The van der Waals surface area contributed by atoms with E-state index in [0.29, 0.717) is 17.9 Å². The third-order valence-corrected chi connectivity index (χ3v) is 4.34. The number of hydrogen-bond donors (Lipinski definition) is 0. The molecule has 1 unspecified atom stereocenters. The summed E-state index contributed by atoms with van der Waals surface area (Å²) in [5.74, 6) is -1.14. The van der Waals surface area contributed by atoms with E-state index in [9.17, 15) is 13.6 Å². The molecule has 4 nitrogen and oxygen atoms in total. The van der Waals surface area contributed by atoms with Crippen molar-refractivity contribution in [1.82, 2.24) is 4.90 Å². The van der Waals surface area contributed by atoms with Crippen LogP contribution in [0.15, 0.2) is 42.5 Å². The molecule has 0 saturated carbocycles. The van der Waals surface area contributed by atoms with Crippen molar-refractivity contribution in [3.8, 4) is 5.75 Å². The number of benzene rings is 2. The van der Waals surface area contributed by atoms with Gasteiger partial charge in [-0.25, -0.2) is 8.78 Å². The lowest BCUT2D eigenvalue weighted by Crippen LogP contribution is -2.27. The van der Waals surface area contributed by atoms with Crippen molar-refractivity contribution in [3.05, 3.63) is 65.2 Å². The van der Waals surface area contributed by atoms with Crippen LogP contribution in [0.4, 0.5) is 8.78 Å². The van der Waals surface area contributed by atoms with Crippen LogP contribution < -0.4 is 4.74 Å². The first kappa shape index (κ1) is 18.3. The lowest BCUT2D eigenvalue weighted by Gasteiger charge is -2.20. The number of carbonyl (C=O) groups excluding carboxylic acids is 1. The predicted molar refractivity (Wildman–Crippen MR) is 93.1 cm³/mol. The van der Waals surface area contributed by atoms with E-state index < -0.39 is 11.6 Å². The molecular formula is C20H21F2NO3. The summed E-state index contributed by atoms with van der Waals surface area (Å²) in [5.41, 5.74) is 0.649. The Bertz CT molecular complexity index is 775. The Kier molecular flexibility index (Phi) is 5.83. The fourth-order valence-electron chi connectivity index (χ4n) is 2.91. The normalized spacial score (nSPS) is 16.5. The Morgan fingerprint density at radius 2 is 2.08 bits per heavy atom. The maximum Gasteiger partial charge on any atom is 0.257 e.